The fraction of sp³-hybridized carbons (Fsp3) is 0.304. The van der Waals surface area contributed by atoms with Gasteiger partial charge < -0.3 is 9.88 Å². The predicted octanol–water partition coefficient (Wildman–Crippen LogP) is 3.59. The molecule has 3 aromatic heterocycles. The molecule has 0 amide bonds. The van der Waals surface area contributed by atoms with Crippen molar-refractivity contribution in [2.24, 2.45) is 0 Å². The third-order valence-electron chi connectivity index (χ3n) is 5.80. The zero-order valence-electron chi connectivity index (χ0n) is 17.0. The maximum Gasteiger partial charge on any atom is 0.326 e. The molecule has 1 aromatic carbocycles. The van der Waals surface area contributed by atoms with E-state index in [0.29, 0.717) is 5.82 Å². The number of piperidine rings is 1. The van der Waals surface area contributed by atoms with Gasteiger partial charge in [0.05, 0.1) is 11.0 Å². The molecule has 5 rings (SSSR count). The molecule has 0 spiro atoms. The van der Waals surface area contributed by atoms with E-state index in [2.05, 4.69) is 32.8 Å². The van der Waals surface area contributed by atoms with Crippen LogP contribution in [0.25, 0.3) is 22.6 Å². The minimum atomic E-state index is -0.0256. The van der Waals surface area contributed by atoms with Crippen LogP contribution in [0.3, 0.4) is 0 Å². The molecular formula is C23H24N6O. The first-order valence-electron chi connectivity index (χ1n) is 10.5. The number of benzene rings is 1. The number of nitrogens with one attached hydrogen (secondary N) is 1. The Morgan fingerprint density at radius 3 is 2.63 bits per heavy atom. The minimum Gasteiger partial charge on any atom is -0.356 e. The van der Waals surface area contributed by atoms with Gasteiger partial charge in [0, 0.05) is 37.1 Å². The maximum atomic E-state index is 12.5. The lowest BCUT2D eigenvalue weighted by atomic mass is 10.0. The lowest BCUT2D eigenvalue weighted by Crippen LogP contribution is -2.37. The first kappa shape index (κ1) is 18.5. The van der Waals surface area contributed by atoms with Crippen LogP contribution in [0.1, 0.15) is 31.5 Å². The molecule has 1 fully saturated rings. The highest BCUT2D eigenvalue weighted by molar-refractivity contribution is 5.75. The summed E-state index contributed by atoms with van der Waals surface area (Å²) in [5, 5.41) is 0. The Kier molecular flexibility index (Phi) is 4.78. The van der Waals surface area contributed by atoms with E-state index in [1.54, 1.807) is 6.20 Å². The average Bonchev–Trinajstić information content (AvgIpc) is 3.15. The quantitative estimate of drug-likeness (QED) is 0.566. The molecule has 1 aliphatic heterocycles. The highest BCUT2D eigenvalue weighted by Gasteiger charge is 2.25. The second-order valence-corrected chi connectivity index (χ2v) is 7.65. The highest BCUT2D eigenvalue weighted by Crippen LogP contribution is 2.28. The van der Waals surface area contributed by atoms with Gasteiger partial charge in [-0.1, -0.05) is 25.1 Å². The van der Waals surface area contributed by atoms with Crippen LogP contribution in [0.2, 0.25) is 0 Å². The van der Waals surface area contributed by atoms with Gasteiger partial charge in [-0.05, 0) is 43.5 Å². The third-order valence-corrected chi connectivity index (χ3v) is 5.80. The van der Waals surface area contributed by atoms with Crippen LogP contribution in [-0.4, -0.2) is 37.6 Å². The second-order valence-electron chi connectivity index (χ2n) is 7.65. The Morgan fingerprint density at radius 1 is 1.07 bits per heavy atom. The number of imidazole rings is 1. The number of aromatic amines is 1. The van der Waals surface area contributed by atoms with Gasteiger partial charge in [0.1, 0.15) is 11.5 Å². The van der Waals surface area contributed by atoms with Crippen molar-refractivity contribution in [2.75, 3.05) is 18.0 Å². The Hall–Kier alpha value is -3.48. The number of pyridine rings is 1. The topological polar surface area (TPSA) is 79.7 Å². The van der Waals surface area contributed by atoms with Crippen LogP contribution >= 0.6 is 0 Å². The molecule has 7 nitrogen and oxygen atoms in total. The molecule has 1 aliphatic rings. The van der Waals surface area contributed by atoms with E-state index in [1.165, 1.54) is 0 Å². The molecular weight excluding hydrogens is 376 g/mol. The minimum absolute atomic E-state index is 0.0256. The SMILES string of the molecule is CCc1cc(N2CCC(n3c(=O)[nH]c4ccccc43)CC2)nc(-c2ccccn2)n1. The average molecular weight is 400 g/mol. The van der Waals surface area contributed by atoms with Crippen molar-refractivity contribution in [1.29, 1.82) is 0 Å². The van der Waals surface area contributed by atoms with Crippen LogP contribution in [0.4, 0.5) is 5.82 Å². The Morgan fingerprint density at radius 2 is 1.87 bits per heavy atom. The number of aryl methyl sites for hydroxylation is 1. The second kappa shape index (κ2) is 7.74. The van der Waals surface area contributed by atoms with Crippen molar-refractivity contribution in [1.82, 2.24) is 24.5 Å². The van der Waals surface area contributed by atoms with E-state index in [4.69, 9.17) is 4.98 Å². The molecule has 152 valence electrons. The van der Waals surface area contributed by atoms with Crippen molar-refractivity contribution in [3.8, 4) is 11.5 Å². The Bertz CT molecular complexity index is 1220. The standard InChI is InChI=1S/C23H24N6O/c1-2-16-15-21(27-22(25-16)19-8-5-6-12-24-19)28-13-10-17(11-14-28)29-20-9-4-3-7-18(20)26-23(29)30/h3-9,12,15,17H,2,10-11,13-14H2,1H3,(H,26,30). The summed E-state index contributed by atoms with van der Waals surface area (Å²) in [6.07, 6.45) is 4.40. The number of hydrogen-bond donors (Lipinski definition) is 1. The summed E-state index contributed by atoms with van der Waals surface area (Å²) in [4.78, 5) is 31.7. The van der Waals surface area contributed by atoms with Gasteiger partial charge in [-0.2, -0.15) is 0 Å². The molecule has 1 saturated heterocycles. The third kappa shape index (κ3) is 3.36. The Labute approximate surface area is 174 Å². The molecule has 0 radical (unpaired) electrons. The van der Waals surface area contributed by atoms with Crippen LogP contribution in [0.5, 0.6) is 0 Å². The summed E-state index contributed by atoms with van der Waals surface area (Å²) in [7, 11) is 0. The van der Waals surface area contributed by atoms with Gasteiger partial charge in [-0.25, -0.2) is 14.8 Å². The highest BCUT2D eigenvalue weighted by atomic mass is 16.1. The molecule has 0 aliphatic carbocycles. The number of para-hydroxylation sites is 2. The number of H-pyrrole nitrogens is 1. The first-order valence-corrected chi connectivity index (χ1v) is 10.5. The van der Waals surface area contributed by atoms with E-state index in [9.17, 15) is 4.79 Å². The van der Waals surface area contributed by atoms with E-state index >= 15 is 0 Å². The number of aromatic nitrogens is 5. The smallest absolute Gasteiger partial charge is 0.326 e. The van der Waals surface area contributed by atoms with E-state index in [0.717, 1.165) is 60.6 Å². The number of hydrogen-bond acceptors (Lipinski definition) is 5. The van der Waals surface area contributed by atoms with Gasteiger partial charge in [-0.15, -0.1) is 0 Å². The molecule has 1 N–H and O–H groups in total. The van der Waals surface area contributed by atoms with E-state index < -0.39 is 0 Å². The van der Waals surface area contributed by atoms with Crippen molar-refractivity contribution in [3.63, 3.8) is 0 Å². The Balaban J connectivity index is 1.40. The summed E-state index contributed by atoms with van der Waals surface area (Å²) in [5.41, 5.74) is 3.65. The summed E-state index contributed by atoms with van der Waals surface area (Å²) in [6, 6.07) is 15.9. The zero-order valence-corrected chi connectivity index (χ0v) is 17.0. The molecule has 0 saturated carbocycles. The number of nitrogens with zero attached hydrogens (tertiary/aromatic N) is 5. The molecule has 0 unspecified atom stereocenters. The summed E-state index contributed by atoms with van der Waals surface area (Å²) in [6.45, 7) is 3.79. The van der Waals surface area contributed by atoms with Crippen molar-refractivity contribution < 1.29 is 0 Å². The van der Waals surface area contributed by atoms with Gasteiger partial charge in [-0.3, -0.25) is 9.55 Å². The molecule has 30 heavy (non-hydrogen) atoms. The molecule has 7 heteroatoms. The summed E-state index contributed by atoms with van der Waals surface area (Å²) >= 11 is 0. The van der Waals surface area contributed by atoms with Gasteiger partial charge in [0.2, 0.25) is 0 Å². The largest absolute Gasteiger partial charge is 0.356 e. The maximum absolute atomic E-state index is 12.5. The van der Waals surface area contributed by atoms with Crippen molar-refractivity contribution in [3.05, 3.63) is 70.9 Å². The fourth-order valence-electron chi connectivity index (χ4n) is 4.23. The normalized spacial score (nSPS) is 15.0. The summed E-state index contributed by atoms with van der Waals surface area (Å²) < 4.78 is 1.92. The van der Waals surface area contributed by atoms with Gasteiger partial charge >= 0.3 is 5.69 Å². The summed E-state index contributed by atoms with van der Waals surface area (Å²) in [5.74, 6) is 1.60. The van der Waals surface area contributed by atoms with Crippen molar-refractivity contribution >= 4 is 16.9 Å². The van der Waals surface area contributed by atoms with Crippen LogP contribution in [0.15, 0.2) is 59.5 Å². The molecule has 0 bridgehead atoms. The van der Waals surface area contributed by atoms with Gasteiger partial charge in [0.15, 0.2) is 5.82 Å². The van der Waals surface area contributed by atoms with Crippen molar-refractivity contribution in [2.45, 2.75) is 32.2 Å². The monoisotopic (exact) mass is 400 g/mol. The first-order chi connectivity index (χ1) is 14.7. The molecule has 4 heterocycles. The van der Waals surface area contributed by atoms with Crippen LogP contribution in [0, 0.1) is 0 Å². The van der Waals surface area contributed by atoms with E-state index in [-0.39, 0.29) is 11.7 Å². The predicted molar refractivity (Wildman–Crippen MR) is 118 cm³/mol. The lowest BCUT2D eigenvalue weighted by Gasteiger charge is -2.33. The van der Waals surface area contributed by atoms with Crippen LogP contribution < -0.4 is 10.6 Å². The lowest BCUT2D eigenvalue weighted by molar-refractivity contribution is 0.395. The zero-order chi connectivity index (χ0) is 20.5. The van der Waals surface area contributed by atoms with E-state index in [1.807, 2.05) is 47.0 Å². The van der Waals surface area contributed by atoms with Crippen LogP contribution in [-0.2, 0) is 6.42 Å². The number of fused-ring (bicyclic) bond motifs is 1. The molecule has 4 aromatic rings. The number of anilines is 1. The van der Waals surface area contributed by atoms with Gasteiger partial charge in [0.25, 0.3) is 0 Å². The number of rotatable bonds is 4. The fourth-order valence-corrected chi connectivity index (χ4v) is 4.23. The molecule has 0 atom stereocenters.